The summed E-state index contributed by atoms with van der Waals surface area (Å²) in [5.74, 6) is 0.507. The van der Waals surface area contributed by atoms with Crippen LogP contribution in [0.2, 0.25) is 5.02 Å². The largest absolute Gasteiger partial charge is 0.298 e. The van der Waals surface area contributed by atoms with Gasteiger partial charge in [-0.2, -0.15) is 0 Å². The molecule has 2 aromatic rings. The molecule has 0 aromatic heterocycles. The number of carbonyl (C=O) groups excluding carboxylic acids is 1. The molecule has 1 aliphatic rings. The summed E-state index contributed by atoms with van der Waals surface area (Å²) in [6.07, 6.45) is 0. The van der Waals surface area contributed by atoms with Crippen LogP contribution in [0.4, 0.5) is 5.69 Å². The fourth-order valence-corrected chi connectivity index (χ4v) is 3.76. The molecule has 0 saturated heterocycles. The molecule has 25 heavy (non-hydrogen) atoms. The maximum atomic E-state index is 12.6. The molecule has 0 bridgehead atoms. The van der Waals surface area contributed by atoms with Crippen molar-refractivity contribution in [2.75, 3.05) is 23.1 Å². The molecule has 0 saturated carbocycles. The first-order valence-electron chi connectivity index (χ1n) is 8.07. The highest BCUT2D eigenvalue weighted by molar-refractivity contribution is 7.85. The van der Waals surface area contributed by atoms with Gasteiger partial charge in [-0.15, -0.1) is 0 Å². The summed E-state index contributed by atoms with van der Waals surface area (Å²) in [5.41, 5.74) is 4.28. The molecule has 3 rings (SSSR count). The lowest BCUT2D eigenvalue weighted by atomic mass is 9.97. The number of aliphatic imine (C=N–C) groups is 1. The molecular weight excluding hydrogens is 356 g/mol. The predicted octanol–water partition coefficient (Wildman–Crippen LogP) is 3.56. The number of benzodiazepines with no additional fused rings is 1. The number of rotatable bonds is 4. The van der Waals surface area contributed by atoms with Crippen molar-refractivity contribution >= 4 is 39.7 Å². The summed E-state index contributed by atoms with van der Waals surface area (Å²) >= 11 is 6.22. The van der Waals surface area contributed by atoms with E-state index in [1.165, 1.54) is 0 Å². The number of nitrogens with zero attached hydrogens (tertiary/aromatic N) is 2. The summed E-state index contributed by atoms with van der Waals surface area (Å²) in [4.78, 5) is 18.8. The highest BCUT2D eigenvalue weighted by Gasteiger charge is 2.26. The molecule has 1 aliphatic heterocycles. The molecule has 1 heterocycles. The van der Waals surface area contributed by atoms with E-state index in [2.05, 4.69) is 4.99 Å². The zero-order valence-electron chi connectivity index (χ0n) is 14.2. The van der Waals surface area contributed by atoms with Crippen molar-refractivity contribution in [3.05, 3.63) is 64.2 Å². The summed E-state index contributed by atoms with van der Waals surface area (Å²) in [6.45, 7) is 3.88. The van der Waals surface area contributed by atoms with Gasteiger partial charge < -0.3 is 0 Å². The second-order valence-electron chi connectivity index (χ2n) is 5.82. The molecule has 130 valence electrons. The van der Waals surface area contributed by atoms with Crippen LogP contribution in [0.15, 0.2) is 47.5 Å². The van der Waals surface area contributed by atoms with Gasteiger partial charge >= 0.3 is 0 Å². The predicted molar refractivity (Wildman–Crippen MR) is 104 cm³/mol. The number of carbonyl (C=O) groups is 1. The van der Waals surface area contributed by atoms with Crippen LogP contribution in [-0.4, -0.2) is 34.0 Å². The quantitative estimate of drug-likeness (QED) is 0.821. The monoisotopic (exact) mass is 374 g/mol. The SMILES string of the molecule is CCS(=O)CN1C(=O)CN=C(c2ccccc2C)c2cc(Cl)ccc21. The minimum atomic E-state index is -1.10. The van der Waals surface area contributed by atoms with Crippen molar-refractivity contribution in [3.8, 4) is 0 Å². The summed E-state index contributed by atoms with van der Waals surface area (Å²) in [5, 5.41) is 0.575. The number of fused-ring (bicyclic) bond motifs is 1. The van der Waals surface area contributed by atoms with Gasteiger partial charge in [0.15, 0.2) is 0 Å². The van der Waals surface area contributed by atoms with Crippen molar-refractivity contribution in [2.24, 2.45) is 4.99 Å². The van der Waals surface area contributed by atoms with Crippen LogP contribution in [0, 0.1) is 6.92 Å². The molecule has 2 aromatic carbocycles. The van der Waals surface area contributed by atoms with Crippen LogP contribution in [0.5, 0.6) is 0 Å². The van der Waals surface area contributed by atoms with Gasteiger partial charge in [0.1, 0.15) is 12.4 Å². The second-order valence-corrected chi connectivity index (χ2v) is 7.97. The molecule has 0 radical (unpaired) electrons. The average Bonchev–Trinajstić information content (AvgIpc) is 2.73. The van der Waals surface area contributed by atoms with Crippen LogP contribution in [0.1, 0.15) is 23.6 Å². The van der Waals surface area contributed by atoms with Gasteiger partial charge in [-0.3, -0.25) is 18.9 Å². The Morgan fingerprint density at radius 2 is 1.96 bits per heavy atom. The van der Waals surface area contributed by atoms with E-state index in [-0.39, 0.29) is 18.3 Å². The van der Waals surface area contributed by atoms with Crippen molar-refractivity contribution in [3.63, 3.8) is 0 Å². The van der Waals surface area contributed by atoms with Crippen LogP contribution < -0.4 is 4.90 Å². The number of halogens is 1. The van der Waals surface area contributed by atoms with Crippen LogP contribution in [-0.2, 0) is 15.6 Å². The lowest BCUT2D eigenvalue weighted by Crippen LogP contribution is -2.35. The zero-order valence-corrected chi connectivity index (χ0v) is 15.7. The number of hydrogen-bond acceptors (Lipinski definition) is 3. The molecule has 1 atom stereocenters. The average molecular weight is 375 g/mol. The fraction of sp³-hybridized carbons (Fsp3) is 0.263. The minimum Gasteiger partial charge on any atom is -0.298 e. The van der Waals surface area contributed by atoms with E-state index in [1.807, 2.05) is 50.2 Å². The topological polar surface area (TPSA) is 49.7 Å². The first-order chi connectivity index (χ1) is 12.0. The second kappa shape index (κ2) is 7.50. The molecule has 0 N–H and O–H groups in total. The van der Waals surface area contributed by atoms with E-state index >= 15 is 0 Å². The summed E-state index contributed by atoms with van der Waals surface area (Å²) in [7, 11) is -1.10. The Kier molecular flexibility index (Phi) is 5.35. The Balaban J connectivity index is 2.17. The number of amides is 1. The van der Waals surface area contributed by atoms with Gasteiger partial charge in [0, 0.05) is 32.7 Å². The lowest BCUT2D eigenvalue weighted by Gasteiger charge is -2.22. The number of anilines is 1. The highest BCUT2D eigenvalue weighted by Crippen LogP contribution is 2.30. The Bertz CT molecular complexity index is 879. The normalized spacial score (nSPS) is 15.4. The Labute approximate surface area is 155 Å². The van der Waals surface area contributed by atoms with Gasteiger partial charge in [0.05, 0.1) is 11.4 Å². The van der Waals surface area contributed by atoms with E-state index in [1.54, 1.807) is 11.0 Å². The molecule has 0 aliphatic carbocycles. The molecule has 0 spiro atoms. The van der Waals surface area contributed by atoms with E-state index in [9.17, 15) is 9.00 Å². The number of aryl methyl sites for hydroxylation is 1. The number of benzene rings is 2. The van der Waals surface area contributed by atoms with Gasteiger partial charge in [-0.05, 0) is 30.7 Å². The smallest absolute Gasteiger partial charge is 0.249 e. The molecular formula is C19H19ClN2O2S. The van der Waals surface area contributed by atoms with E-state index in [4.69, 9.17) is 11.6 Å². The van der Waals surface area contributed by atoms with Crippen molar-refractivity contribution in [1.29, 1.82) is 0 Å². The fourth-order valence-electron chi connectivity index (χ4n) is 2.83. The first kappa shape index (κ1) is 17.8. The summed E-state index contributed by atoms with van der Waals surface area (Å²) < 4.78 is 12.1. The van der Waals surface area contributed by atoms with Gasteiger partial charge in [-0.25, -0.2) is 0 Å². The van der Waals surface area contributed by atoms with E-state index < -0.39 is 10.8 Å². The third kappa shape index (κ3) is 3.67. The highest BCUT2D eigenvalue weighted by atomic mass is 35.5. The van der Waals surface area contributed by atoms with Crippen LogP contribution in [0.25, 0.3) is 0 Å². The molecule has 1 amide bonds. The lowest BCUT2D eigenvalue weighted by molar-refractivity contribution is -0.117. The first-order valence-corrected chi connectivity index (χ1v) is 9.93. The Hall–Kier alpha value is -1.98. The maximum Gasteiger partial charge on any atom is 0.249 e. The van der Waals surface area contributed by atoms with Crippen molar-refractivity contribution < 1.29 is 9.00 Å². The van der Waals surface area contributed by atoms with E-state index in [0.29, 0.717) is 16.5 Å². The molecule has 0 fully saturated rings. The molecule has 1 unspecified atom stereocenters. The van der Waals surface area contributed by atoms with Crippen LogP contribution in [0.3, 0.4) is 0 Å². The van der Waals surface area contributed by atoms with Gasteiger partial charge in [0.25, 0.3) is 0 Å². The summed E-state index contributed by atoms with van der Waals surface area (Å²) in [6, 6.07) is 13.3. The van der Waals surface area contributed by atoms with E-state index in [0.717, 1.165) is 22.4 Å². The van der Waals surface area contributed by atoms with Crippen molar-refractivity contribution in [2.45, 2.75) is 13.8 Å². The number of hydrogen-bond donors (Lipinski definition) is 0. The zero-order chi connectivity index (χ0) is 18.0. The van der Waals surface area contributed by atoms with Gasteiger partial charge in [-0.1, -0.05) is 42.8 Å². The van der Waals surface area contributed by atoms with Crippen molar-refractivity contribution in [1.82, 2.24) is 0 Å². The standard InChI is InChI=1S/C19H19ClN2O2S/c1-3-25(24)12-22-17-9-8-14(20)10-16(17)19(21-11-18(22)23)15-7-5-4-6-13(15)2/h4-10H,3,11-12H2,1-2H3. The van der Waals surface area contributed by atoms with Gasteiger partial charge in [0.2, 0.25) is 5.91 Å². The Morgan fingerprint density at radius 1 is 1.20 bits per heavy atom. The maximum absolute atomic E-state index is 12.6. The third-order valence-electron chi connectivity index (χ3n) is 4.17. The minimum absolute atomic E-state index is 0.0247. The third-order valence-corrected chi connectivity index (χ3v) is 5.60. The Morgan fingerprint density at radius 3 is 2.68 bits per heavy atom. The molecule has 6 heteroatoms. The molecule has 4 nitrogen and oxygen atoms in total. The van der Waals surface area contributed by atoms with Crippen LogP contribution >= 0.6 is 11.6 Å².